The van der Waals surface area contributed by atoms with Crippen LogP contribution in [-0.4, -0.2) is 11.2 Å². The van der Waals surface area contributed by atoms with E-state index in [9.17, 15) is 5.11 Å². The minimum Gasteiger partial charge on any atom is -0.393 e. The molecule has 0 aliphatic heterocycles. The lowest BCUT2D eigenvalue weighted by atomic mass is 9.59. The molecule has 2 saturated carbocycles. The number of hydrogen-bond acceptors (Lipinski definition) is 1. The molecular formula is C17H22O. The summed E-state index contributed by atoms with van der Waals surface area (Å²) in [5.74, 6) is 3.23. The molecule has 0 aromatic heterocycles. The van der Waals surface area contributed by atoms with E-state index in [0.717, 1.165) is 36.5 Å². The first kappa shape index (κ1) is 11.0. The van der Waals surface area contributed by atoms with Gasteiger partial charge in [0.1, 0.15) is 0 Å². The maximum absolute atomic E-state index is 9.83. The first-order valence-electron chi connectivity index (χ1n) is 7.58. The highest BCUT2D eigenvalue weighted by Gasteiger charge is 2.42. The Morgan fingerprint density at radius 1 is 1.06 bits per heavy atom. The summed E-state index contributed by atoms with van der Waals surface area (Å²) in [6, 6.07) is 0. The number of fused-ring (bicyclic) bond motifs is 5. The van der Waals surface area contributed by atoms with Crippen LogP contribution in [0.25, 0.3) is 0 Å². The largest absolute Gasteiger partial charge is 0.393 e. The van der Waals surface area contributed by atoms with Crippen molar-refractivity contribution >= 4 is 0 Å². The lowest BCUT2D eigenvalue weighted by Crippen LogP contribution is -2.37. The molecule has 0 radical (unpaired) electrons. The number of hydrogen-bond donors (Lipinski definition) is 1. The molecule has 1 N–H and O–H groups in total. The number of aliphatic hydroxyl groups is 1. The van der Waals surface area contributed by atoms with Crippen molar-refractivity contribution in [3.63, 3.8) is 0 Å². The molecule has 18 heavy (non-hydrogen) atoms. The van der Waals surface area contributed by atoms with E-state index in [4.69, 9.17) is 0 Å². The second-order valence-electron chi connectivity index (χ2n) is 6.56. The van der Waals surface area contributed by atoms with Gasteiger partial charge >= 0.3 is 0 Å². The van der Waals surface area contributed by atoms with E-state index in [0.29, 0.717) is 0 Å². The van der Waals surface area contributed by atoms with Gasteiger partial charge < -0.3 is 5.11 Å². The molecule has 4 rings (SSSR count). The predicted molar refractivity (Wildman–Crippen MR) is 73.0 cm³/mol. The summed E-state index contributed by atoms with van der Waals surface area (Å²) in [5.41, 5.74) is 3.30. The van der Waals surface area contributed by atoms with Crippen LogP contribution in [0.15, 0.2) is 35.5 Å². The molecule has 2 fully saturated rings. The lowest BCUT2D eigenvalue weighted by Gasteiger charge is -2.46. The van der Waals surface area contributed by atoms with Gasteiger partial charge in [-0.15, -0.1) is 0 Å². The number of allylic oxidation sites excluding steroid dienone is 5. The van der Waals surface area contributed by atoms with Gasteiger partial charge in [0.25, 0.3) is 0 Å². The van der Waals surface area contributed by atoms with Crippen LogP contribution in [0, 0.1) is 23.7 Å². The molecule has 0 aromatic rings. The second-order valence-corrected chi connectivity index (χ2v) is 6.56. The Kier molecular flexibility index (Phi) is 2.51. The molecule has 5 unspecified atom stereocenters. The third-order valence-electron chi connectivity index (χ3n) is 5.73. The molecular weight excluding hydrogens is 220 g/mol. The zero-order valence-corrected chi connectivity index (χ0v) is 10.9. The van der Waals surface area contributed by atoms with Gasteiger partial charge in [-0.3, -0.25) is 0 Å². The van der Waals surface area contributed by atoms with Crippen molar-refractivity contribution in [1.82, 2.24) is 0 Å². The molecule has 1 heteroatoms. The molecule has 4 aliphatic carbocycles. The van der Waals surface area contributed by atoms with Gasteiger partial charge in [0, 0.05) is 0 Å². The lowest BCUT2D eigenvalue weighted by molar-refractivity contribution is 0.0982. The quantitative estimate of drug-likeness (QED) is 0.643. The van der Waals surface area contributed by atoms with Crippen LogP contribution in [-0.2, 0) is 0 Å². The van der Waals surface area contributed by atoms with E-state index < -0.39 is 0 Å². The van der Waals surface area contributed by atoms with Gasteiger partial charge in [0.05, 0.1) is 6.10 Å². The van der Waals surface area contributed by atoms with Crippen LogP contribution >= 0.6 is 0 Å². The molecule has 0 spiro atoms. The number of rotatable bonds is 0. The van der Waals surface area contributed by atoms with Crippen molar-refractivity contribution in [1.29, 1.82) is 0 Å². The minimum atomic E-state index is -0.0623. The van der Waals surface area contributed by atoms with E-state index in [1.54, 1.807) is 11.1 Å². The Bertz CT molecular complexity index is 443. The van der Waals surface area contributed by atoms with Gasteiger partial charge in [-0.2, -0.15) is 0 Å². The van der Waals surface area contributed by atoms with Crippen molar-refractivity contribution in [2.45, 2.75) is 44.6 Å². The Hall–Kier alpha value is -0.820. The Labute approximate surface area is 109 Å². The van der Waals surface area contributed by atoms with Crippen molar-refractivity contribution in [2.24, 2.45) is 23.7 Å². The molecule has 1 nitrogen and oxygen atoms in total. The molecule has 0 amide bonds. The highest BCUT2D eigenvalue weighted by atomic mass is 16.3. The summed E-state index contributed by atoms with van der Waals surface area (Å²) in [7, 11) is 0. The van der Waals surface area contributed by atoms with Gasteiger partial charge in [0.15, 0.2) is 0 Å². The fourth-order valence-electron chi connectivity index (χ4n) is 4.89. The zero-order chi connectivity index (χ0) is 12.1. The average molecular weight is 242 g/mol. The van der Waals surface area contributed by atoms with Crippen LogP contribution in [0.2, 0.25) is 0 Å². The molecule has 5 atom stereocenters. The van der Waals surface area contributed by atoms with E-state index in [1.165, 1.54) is 25.7 Å². The van der Waals surface area contributed by atoms with E-state index >= 15 is 0 Å². The molecule has 0 saturated heterocycles. The summed E-state index contributed by atoms with van der Waals surface area (Å²) >= 11 is 0. The Balaban J connectivity index is 1.64. The summed E-state index contributed by atoms with van der Waals surface area (Å²) in [4.78, 5) is 0. The maximum Gasteiger partial charge on any atom is 0.0577 e. The van der Waals surface area contributed by atoms with E-state index in [1.807, 2.05) is 0 Å². The zero-order valence-electron chi connectivity index (χ0n) is 10.9. The van der Waals surface area contributed by atoms with Crippen molar-refractivity contribution < 1.29 is 5.11 Å². The topological polar surface area (TPSA) is 20.2 Å². The van der Waals surface area contributed by atoms with Crippen LogP contribution < -0.4 is 0 Å². The Morgan fingerprint density at radius 2 is 2.00 bits per heavy atom. The van der Waals surface area contributed by atoms with E-state index in [2.05, 4.69) is 24.3 Å². The van der Waals surface area contributed by atoms with Crippen LogP contribution in [0.1, 0.15) is 38.5 Å². The Morgan fingerprint density at radius 3 is 2.94 bits per heavy atom. The molecule has 0 bridgehead atoms. The predicted octanol–water partition coefficient (Wildman–Crippen LogP) is 3.62. The fraction of sp³-hybridized carbons (Fsp3) is 0.647. The summed E-state index contributed by atoms with van der Waals surface area (Å²) in [5, 5.41) is 9.83. The average Bonchev–Trinajstić information content (AvgIpc) is 2.86. The highest BCUT2D eigenvalue weighted by molar-refractivity contribution is 5.34. The third kappa shape index (κ3) is 1.56. The standard InChI is InChI=1S/C17H22O/c18-13-6-9-15-12(10-13)5-8-16-14-3-1-2-11(14)4-7-17(15)16/h1-3,5,11,13,15-18H,4,6-10H2. The third-order valence-corrected chi connectivity index (χ3v) is 5.73. The highest BCUT2D eigenvalue weighted by Crippen LogP contribution is 2.53. The monoisotopic (exact) mass is 242 g/mol. The molecule has 0 aromatic carbocycles. The smallest absolute Gasteiger partial charge is 0.0577 e. The SMILES string of the molecule is OC1CCC2C(=CCC3C4=CC=CC4CCC23)C1. The van der Waals surface area contributed by atoms with Gasteiger partial charge in [-0.05, 0) is 62.2 Å². The van der Waals surface area contributed by atoms with Gasteiger partial charge in [-0.25, -0.2) is 0 Å². The maximum atomic E-state index is 9.83. The van der Waals surface area contributed by atoms with Gasteiger partial charge in [-0.1, -0.05) is 35.5 Å². The second kappa shape index (κ2) is 4.09. The fourth-order valence-corrected chi connectivity index (χ4v) is 4.89. The van der Waals surface area contributed by atoms with Crippen LogP contribution in [0.4, 0.5) is 0 Å². The van der Waals surface area contributed by atoms with Crippen molar-refractivity contribution in [3.05, 3.63) is 35.5 Å². The first-order chi connectivity index (χ1) is 8.83. The van der Waals surface area contributed by atoms with Gasteiger partial charge in [0.2, 0.25) is 0 Å². The van der Waals surface area contributed by atoms with Crippen molar-refractivity contribution in [3.8, 4) is 0 Å². The number of aliphatic hydroxyl groups excluding tert-OH is 1. The molecule has 96 valence electrons. The summed E-state index contributed by atoms with van der Waals surface area (Å²) in [6.07, 6.45) is 16.6. The summed E-state index contributed by atoms with van der Waals surface area (Å²) in [6.45, 7) is 0. The normalized spacial score (nSPS) is 45.7. The van der Waals surface area contributed by atoms with Crippen LogP contribution in [0.3, 0.4) is 0 Å². The molecule has 4 aliphatic rings. The summed E-state index contributed by atoms with van der Waals surface area (Å²) < 4.78 is 0. The first-order valence-corrected chi connectivity index (χ1v) is 7.58. The van der Waals surface area contributed by atoms with Crippen molar-refractivity contribution in [2.75, 3.05) is 0 Å². The molecule has 0 heterocycles. The minimum absolute atomic E-state index is 0.0623. The van der Waals surface area contributed by atoms with E-state index in [-0.39, 0.29) is 6.10 Å². The van der Waals surface area contributed by atoms with Crippen LogP contribution in [0.5, 0.6) is 0 Å².